The summed E-state index contributed by atoms with van der Waals surface area (Å²) in [5.41, 5.74) is -1.14. The van der Waals surface area contributed by atoms with Gasteiger partial charge in [-0.3, -0.25) is 4.79 Å². The number of carbonyl (C=O) groups is 2. The average molecular weight is 297 g/mol. The van der Waals surface area contributed by atoms with Gasteiger partial charge in [0.25, 0.3) is 5.91 Å². The molecule has 1 aliphatic rings. The smallest absolute Gasteiger partial charge is 0.329 e. The van der Waals surface area contributed by atoms with E-state index in [1.807, 2.05) is 0 Å². The molecule has 0 saturated heterocycles. The molecule has 1 aromatic rings. The Hall–Kier alpha value is -1.56. The SMILES string of the molecule is COc1ccsc1C(=O)NC1(C(=O)O)CCCCCC1. The minimum atomic E-state index is -1.14. The summed E-state index contributed by atoms with van der Waals surface area (Å²) in [6.45, 7) is 0. The van der Waals surface area contributed by atoms with Gasteiger partial charge in [0.2, 0.25) is 0 Å². The number of rotatable bonds is 4. The first-order chi connectivity index (χ1) is 9.59. The molecule has 0 radical (unpaired) electrons. The number of ether oxygens (including phenoxy) is 1. The van der Waals surface area contributed by atoms with Crippen LogP contribution < -0.4 is 10.1 Å². The van der Waals surface area contributed by atoms with Crippen molar-refractivity contribution in [3.63, 3.8) is 0 Å². The van der Waals surface area contributed by atoms with Crippen LogP contribution in [-0.2, 0) is 4.79 Å². The molecule has 1 fully saturated rings. The van der Waals surface area contributed by atoms with Gasteiger partial charge in [-0.05, 0) is 24.3 Å². The van der Waals surface area contributed by atoms with Gasteiger partial charge in [0.1, 0.15) is 16.2 Å². The maximum absolute atomic E-state index is 12.3. The van der Waals surface area contributed by atoms with Crippen molar-refractivity contribution in [1.82, 2.24) is 5.32 Å². The molecule has 0 unspecified atom stereocenters. The number of carboxylic acid groups (broad SMARTS) is 1. The quantitative estimate of drug-likeness (QED) is 0.838. The first kappa shape index (κ1) is 14.8. The Labute approximate surface area is 121 Å². The Morgan fingerprint density at radius 1 is 1.30 bits per heavy atom. The van der Waals surface area contributed by atoms with Crippen LogP contribution in [0.15, 0.2) is 11.4 Å². The molecule has 0 bridgehead atoms. The van der Waals surface area contributed by atoms with Crippen LogP contribution in [0, 0.1) is 0 Å². The number of thiophene rings is 1. The predicted octanol–water partition coefficient (Wildman–Crippen LogP) is 2.66. The van der Waals surface area contributed by atoms with Gasteiger partial charge in [-0.15, -0.1) is 11.3 Å². The van der Waals surface area contributed by atoms with Crippen LogP contribution in [-0.4, -0.2) is 29.6 Å². The summed E-state index contributed by atoms with van der Waals surface area (Å²) in [4.78, 5) is 24.4. The zero-order valence-corrected chi connectivity index (χ0v) is 12.3. The summed E-state index contributed by atoms with van der Waals surface area (Å²) >= 11 is 1.26. The lowest BCUT2D eigenvalue weighted by molar-refractivity contribution is -0.145. The minimum Gasteiger partial charge on any atom is -0.495 e. The van der Waals surface area contributed by atoms with Crippen molar-refractivity contribution in [3.05, 3.63) is 16.3 Å². The number of nitrogens with one attached hydrogen (secondary N) is 1. The maximum Gasteiger partial charge on any atom is 0.329 e. The molecule has 0 aliphatic heterocycles. The molecule has 20 heavy (non-hydrogen) atoms. The van der Waals surface area contributed by atoms with Crippen molar-refractivity contribution in [3.8, 4) is 5.75 Å². The molecule has 2 N–H and O–H groups in total. The van der Waals surface area contributed by atoms with E-state index in [-0.39, 0.29) is 5.91 Å². The normalized spacial score (nSPS) is 18.1. The number of carboxylic acids is 1. The van der Waals surface area contributed by atoms with E-state index in [1.165, 1.54) is 18.4 Å². The molecular formula is C14H19NO4S. The molecule has 1 aromatic heterocycles. The second-order valence-electron chi connectivity index (χ2n) is 5.07. The van der Waals surface area contributed by atoms with Crippen LogP contribution in [0.1, 0.15) is 48.2 Å². The fourth-order valence-electron chi connectivity index (χ4n) is 2.62. The number of aliphatic carboxylic acids is 1. The van der Waals surface area contributed by atoms with Crippen molar-refractivity contribution < 1.29 is 19.4 Å². The first-order valence-corrected chi connectivity index (χ1v) is 7.64. The van der Waals surface area contributed by atoms with Gasteiger partial charge in [0.15, 0.2) is 0 Å². The summed E-state index contributed by atoms with van der Waals surface area (Å²) in [7, 11) is 1.50. The van der Waals surface area contributed by atoms with Gasteiger partial charge >= 0.3 is 5.97 Å². The molecule has 0 atom stereocenters. The van der Waals surface area contributed by atoms with Gasteiger partial charge in [-0.1, -0.05) is 25.7 Å². The second-order valence-corrected chi connectivity index (χ2v) is 5.99. The highest BCUT2D eigenvalue weighted by atomic mass is 32.1. The largest absolute Gasteiger partial charge is 0.495 e. The lowest BCUT2D eigenvalue weighted by Gasteiger charge is -2.29. The first-order valence-electron chi connectivity index (χ1n) is 6.76. The Kier molecular flexibility index (Phi) is 4.65. The number of hydrogen-bond acceptors (Lipinski definition) is 4. The van der Waals surface area contributed by atoms with Gasteiger partial charge in [0.05, 0.1) is 7.11 Å². The lowest BCUT2D eigenvalue weighted by Crippen LogP contribution is -2.54. The third kappa shape index (κ3) is 2.95. The fourth-order valence-corrected chi connectivity index (χ4v) is 3.38. The van der Waals surface area contributed by atoms with Crippen molar-refractivity contribution in [2.75, 3.05) is 7.11 Å². The van der Waals surface area contributed by atoms with Gasteiger partial charge in [0, 0.05) is 0 Å². The number of carbonyl (C=O) groups excluding carboxylic acids is 1. The predicted molar refractivity (Wildman–Crippen MR) is 76.4 cm³/mol. The van der Waals surface area contributed by atoms with E-state index in [4.69, 9.17) is 4.74 Å². The highest BCUT2D eigenvalue weighted by Crippen LogP contribution is 2.30. The van der Waals surface area contributed by atoms with Crippen molar-refractivity contribution in [2.45, 2.75) is 44.1 Å². The van der Waals surface area contributed by atoms with Crippen LogP contribution >= 0.6 is 11.3 Å². The fraction of sp³-hybridized carbons (Fsp3) is 0.571. The van der Waals surface area contributed by atoms with Gasteiger partial charge in [-0.2, -0.15) is 0 Å². The standard InChI is InChI=1S/C14H19NO4S/c1-19-10-6-9-20-11(10)12(16)15-14(13(17)18)7-4-2-3-5-8-14/h6,9H,2-5,7-8H2,1H3,(H,15,16)(H,17,18). The van der Waals surface area contributed by atoms with E-state index < -0.39 is 11.5 Å². The summed E-state index contributed by atoms with van der Waals surface area (Å²) < 4.78 is 5.12. The Balaban J connectivity index is 2.19. The van der Waals surface area contributed by atoms with E-state index in [0.29, 0.717) is 23.5 Å². The van der Waals surface area contributed by atoms with Crippen LogP contribution in [0.4, 0.5) is 0 Å². The molecule has 1 saturated carbocycles. The zero-order chi connectivity index (χ0) is 14.6. The van der Waals surface area contributed by atoms with E-state index in [1.54, 1.807) is 11.4 Å². The molecule has 6 heteroatoms. The summed E-state index contributed by atoms with van der Waals surface area (Å²) in [6, 6.07) is 1.71. The van der Waals surface area contributed by atoms with Crippen molar-refractivity contribution >= 4 is 23.2 Å². The topological polar surface area (TPSA) is 75.6 Å². The average Bonchev–Trinajstić information content (AvgIpc) is 2.78. The van der Waals surface area contributed by atoms with E-state index in [9.17, 15) is 14.7 Å². The minimum absolute atomic E-state index is 0.360. The molecule has 2 rings (SSSR count). The Morgan fingerprint density at radius 3 is 2.50 bits per heavy atom. The van der Waals surface area contributed by atoms with Crippen LogP contribution in [0.25, 0.3) is 0 Å². The van der Waals surface area contributed by atoms with Crippen molar-refractivity contribution in [1.29, 1.82) is 0 Å². The summed E-state index contributed by atoms with van der Waals surface area (Å²) in [6.07, 6.45) is 4.67. The highest BCUT2D eigenvalue weighted by molar-refractivity contribution is 7.12. The Morgan fingerprint density at radius 2 is 1.95 bits per heavy atom. The number of methoxy groups -OCH3 is 1. The molecule has 5 nitrogen and oxygen atoms in total. The molecular weight excluding hydrogens is 278 g/mol. The van der Waals surface area contributed by atoms with E-state index in [0.717, 1.165) is 25.7 Å². The zero-order valence-electron chi connectivity index (χ0n) is 11.5. The van der Waals surface area contributed by atoms with Crippen LogP contribution in [0.2, 0.25) is 0 Å². The van der Waals surface area contributed by atoms with Gasteiger partial charge < -0.3 is 15.2 Å². The molecule has 1 amide bonds. The summed E-state index contributed by atoms with van der Waals surface area (Å²) in [5.74, 6) is -0.814. The van der Waals surface area contributed by atoms with E-state index in [2.05, 4.69) is 5.32 Å². The lowest BCUT2D eigenvalue weighted by atomic mass is 9.90. The molecule has 1 aliphatic carbocycles. The maximum atomic E-state index is 12.3. The number of amides is 1. The molecule has 0 spiro atoms. The van der Waals surface area contributed by atoms with Crippen LogP contribution in [0.3, 0.4) is 0 Å². The highest BCUT2D eigenvalue weighted by Gasteiger charge is 2.40. The Bertz CT molecular complexity index is 489. The third-order valence-electron chi connectivity index (χ3n) is 3.77. The van der Waals surface area contributed by atoms with E-state index >= 15 is 0 Å². The molecule has 110 valence electrons. The monoisotopic (exact) mass is 297 g/mol. The second kappa shape index (κ2) is 6.26. The van der Waals surface area contributed by atoms with Crippen molar-refractivity contribution in [2.24, 2.45) is 0 Å². The van der Waals surface area contributed by atoms with Crippen LogP contribution in [0.5, 0.6) is 5.75 Å². The third-order valence-corrected chi connectivity index (χ3v) is 4.67. The summed E-state index contributed by atoms with van der Waals surface area (Å²) in [5, 5.41) is 14.0. The molecule has 1 heterocycles. The number of hydrogen-bond donors (Lipinski definition) is 2. The molecule has 0 aromatic carbocycles. The van der Waals surface area contributed by atoms with Gasteiger partial charge in [-0.25, -0.2) is 4.79 Å².